The van der Waals surface area contributed by atoms with Gasteiger partial charge in [-0.15, -0.1) is 0 Å². The van der Waals surface area contributed by atoms with Gasteiger partial charge < -0.3 is 19.4 Å². The van der Waals surface area contributed by atoms with Crippen LogP contribution in [0.1, 0.15) is 12.1 Å². The lowest BCUT2D eigenvalue weighted by Gasteiger charge is -2.20. The van der Waals surface area contributed by atoms with E-state index in [2.05, 4.69) is 20.0 Å². The van der Waals surface area contributed by atoms with E-state index in [9.17, 15) is 5.11 Å². The fourth-order valence-electron chi connectivity index (χ4n) is 3.09. The highest BCUT2D eigenvalue weighted by Gasteiger charge is 2.22. The quantitative estimate of drug-likeness (QED) is 0.756. The van der Waals surface area contributed by atoms with Gasteiger partial charge in [0.05, 0.1) is 12.6 Å². The number of nitrogens with zero attached hydrogens (tertiary/aromatic N) is 5. The Morgan fingerprint density at radius 3 is 2.88 bits per heavy atom. The molecule has 0 amide bonds. The maximum absolute atomic E-state index is 9.72. The fourth-order valence-corrected chi connectivity index (χ4v) is 3.09. The lowest BCUT2D eigenvalue weighted by Crippen LogP contribution is -2.24. The van der Waals surface area contributed by atoms with Crippen LogP contribution >= 0.6 is 0 Å². The third kappa shape index (κ3) is 3.52. The van der Waals surface area contributed by atoms with Crippen LogP contribution in [0.4, 0.5) is 11.8 Å². The summed E-state index contributed by atoms with van der Waals surface area (Å²) in [6.45, 7) is 1.97. The van der Waals surface area contributed by atoms with Gasteiger partial charge in [0, 0.05) is 38.0 Å². The van der Waals surface area contributed by atoms with Gasteiger partial charge in [0.25, 0.3) is 0 Å². The first kappa shape index (κ1) is 16.5. The molecule has 2 aromatic heterocycles. The highest BCUT2D eigenvalue weighted by Crippen LogP contribution is 2.22. The molecule has 1 fully saturated rings. The molecule has 7 nitrogen and oxygen atoms in total. The zero-order valence-electron chi connectivity index (χ0n) is 14.6. The normalized spacial score (nSPS) is 16.8. The van der Waals surface area contributed by atoms with Crippen molar-refractivity contribution in [3.8, 4) is 11.3 Å². The molecule has 1 aliphatic heterocycles. The molecule has 134 valence electrons. The van der Waals surface area contributed by atoms with Gasteiger partial charge in [-0.25, -0.2) is 4.98 Å². The lowest BCUT2D eigenvalue weighted by molar-refractivity contribution is 0.198. The Bertz CT molecular complexity index is 867. The number of anilines is 2. The number of aliphatic hydroxyl groups excluding tert-OH is 1. The topological polar surface area (TPSA) is 78.5 Å². The van der Waals surface area contributed by atoms with Gasteiger partial charge in [0.2, 0.25) is 5.95 Å². The molecule has 1 aliphatic rings. The van der Waals surface area contributed by atoms with Crippen LogP contribution in [0.3, 0.4) is 0 Å². The van der Waals surface area contributed by atoms with Gasteiger partial charge >= 0.3 is 0 Å². The summed E-state index contributed by atoms with van der Waals surface area (Å²) in [5.41, 5.74) is 1.82. The van der Waals surface area contributed by atoms with E-state index < -0.39 is 0 Å². The van der Waals surface area contributed by atoms with Crippen LogP contribution in [-0.2, 0) is 6.54 Å². The summed E-state index contributed by atoms with van der Waals surface area (Å²) < 4.78 is 5.45. The summed E-state index contributed by atoms with van der Waals surface area (Å²) in [5, 5.41) is 13.9. The highest BCUT2D eigenvalue weighted by molar-refractivity contribution is 5.57. The van der Waals surface area contributed by atoms with Crippen LogP contribution < -0.4 is 9.80 Å². The Balaban J connectivity index is 1.47. The molecule has 0 aliphatic carbocycles. The molecule has 1 unspecified atom stereocenters. The Labute approximate surface area is 151 Å². The molecule has 0 saturated carbocycles. The van der Waals surface area contributed by atoms with Gasteiger partial charge in [0.15, 0.2) is 5.76 Å². The summed E-state index contributed by atoms with van der Waals surface area (Å²) in [7, 11) is 1.93. The molecule has 7 heteroatoms. The first-order valence-electron chi connectivity index (χ1n) is 8.67. The molecule has 1 aromatic carbocycles. The van der Waals surface area contributed by atoms with Crippen LogP contribution in [0, 0.1) is 0 Å². The average Bonchev–Trinajstić information content (AvgIpc) is 3.32. The summed E-state index contributed by atoms with van der Waals surface area (Å²) in [6, 6.07) is 13.7. The van der Waals surface area contributed by atoms with Crippen LogP contribution in [0.15, 0.2) is 53.2 Å². The maximum Gasteiger partial charge on any atom is 0.227 e. The van der Waals surface area contributed by atoms with Crippen molar-refractivity contribution >= 4 is 11.8 Å². The van der Waals surface area contributed by atoms with Gasteiger partial charge in [-0.2, -0.15) is 4.98 Å². The van der Waals surface area contributed by atoms with E-state index >= 15 is 0 Å². The minimum absolute atomic E-state index is 0.280. The summed E-state index contributed by atoms with van der Waals surface area (Å²) >= 11 is 0. The number of aromatic nitrogens is 3. The Morgan fingerprint density at radius 1 is 1.27 bits per heavy atom. The summed E-state index contributed by atoms with van der Waals surface area (Å²) in [5.74, 6) is 2.20. The SMILES string of the molecule is CN(Cc1cc(-c2ccccc2)on1)c1nccc(N2CCC(O)C2)n1. The van der Waals surface area contributed by atoms with Crippen molar-refractivity contribution in [3.63, 3.8) is 0 Å². The van der Waals surface area contributed by atoms with Crippen molar-refractivity contribution in [1.29, 1.82) is 0 Å². The molecular weight excluding hydrogens is 330 g/mol. The number of aliphatic hydroxyl groups is 1. The van der Waals surface area contributed by atoms with Crippen LogP contribution in [0.5, 0.6) is 0 Å². The van der Waals surface area contributed by atoms with E-state index in [1.165, 1.54) is 0 Å². The maximum atomic E-state index is 9.72. The van der Waals surface area contributed by atoms with E-state index in [1.807, 2.05) is 54.4 Å². The van der Waals surface area contributed by atoms with Crippen molar-refractivity contribution in [2.45, 2.75) is 19.1 Å². The number of β-amino-alcohol motifs (C(OH)–C–C–N with tert-alkyl or cyclic N) is 1. The molecule has 3 aromatic rings. The Hall–Kier alpha value is -2.93. The molecule has 4 rings (SSSR count). The predicted molar refractivity (Wildman–Crippen MR) is 98.9 cm³/mol. The van der Waals surface area contributed by atoms with Gasteiger partial charge in [-0.1, -0.05) is 35.5 Å². The minimum atomic E-state index is -0.280. The highest BCUT2D eigenvalue weighted by atomic mass is 16.5. The number of rotatable bonds is 5. The third-order valence-corrected chi connectivity index (χ3v) is 4.47. The average molecular weight is 351 g/mol. The van der Waals surface area contributed by atoms with Crippen molar-refractivity contribution in [2.24, 2.45) is 0 Å². The van der Waals surface area contributed by atoms with E-state index in [1.54, 1.807) is 6.20 Å². The van der Waals surface area contributed by atoms with Crippen LogP contribution in [0.25, 0.3) is 11.3 Å². The Kier molecular flexibility index (Phi) is 4.53. The van der Waals surface area contributed by atoms with Gasteiger partial charge in [0.1, 0.15) is 11.5 Å². The van der Waals surface area contributed by atoms with E-state index in [4.69, 9.17) is 4.52 Å². The zero-order chi connectivity index (χ0) is 17.9. The van der Waals surface area contributed by atoms with Crippen molar-refractivity contribution in [3.05, 3.63) is 54.4 Å². The largest absolute Gasteiger partial charge is 0.391 e. The van der Waals surface area contributed by atoms with E-state index in [0.717, 1.165) is 35.8 Å². The molecule has 3 heterocycles. The molecule has 1 saturated heterocycles. The first-order valence-corrected chi connectivity index (χ1v) is 8.67. The summed E-state index contributed by atoms with van der Waals surface area (Å²) in [6.07, 6.45) is 2.24. The van der Waals surface area contributed by atoms with Crippen LogP contribution in [-0.4, -0.2) is 46.5 Å². The van der Waals surface area contributed by atoms with E-state index in [-0.39, 0.29) is 6.10 Å². The molecule has 1 N–H and O–H groups in total. The molecule has 26 heavy (non-hydrogen) atoms. The monoisotopic (exact) mass is 351 g/mol. The molecule has 1 atom stereocenters. The third-order valence-electron chi connectivity index (χ3n) is 4.47. The lowest BCUT2D eigenvalue weighted by atomic mass is 10.1. The smallest absolute Gasteiger partial charge is 0.227 e. The minimum Gasteiger partial charge on any atom is -0.391 e. The van der Waals surface area contributed by atoms with E-state index in [0.29, 0.717) is 19.0 Å². The predicted octanol–water partition coefficient (Wildman–Crippen LogP) is 2.34. The fraction of sp³-hybridized carbons (Fsp3) is 0.316. The molecular formula is C19H21N5O2. The second-order valence-corrected chi connectivity index (χ2v) is 6.51. The second kappa shape index (κ2) is 7.13. The van der Waals surface area contributed by atoms with Crippen molar-refractivity contribution in [2.75, 3.05) is 29.9 Å². The molecule has 0 radical (unpaired) electrons. The van der Waals surface area contributed by atoms with Crippen molar-refractivity contribution in [1.82, 2.24) is 15.1 Å². The number of hydrogen-bond donors (Lipinski definition) is 1. The van der Waals surface area contributed by atoms with Crippen molar-refractivity contribution < 1.29 is 9.63 Å². The number of benzene rings is 1. The molecule has 0 spiro atoms. The van der Waals surface area contributed by atoms with Gasteiger partial charge in [-0.3, -0.25) is 0 Å². The zero-order valence-corrected chi connectivity index (χ0v) is 14.6. The standard InChI is InChI=1S/C19H21N5O2/c1-23(12-15-11-17(26-22-15)14-5-3-2-4-6-14)19-20-9-7-18(21-19)24-10-8-16(25)13-24/h2-7,9,11,16,25H,8,10,12-13H2,1H3. The van der Waals surface area contributed by atoms with Gasteiger partial charge in [-0.05, 0) is 12.5 Å². The second-order valence-electron chi connectivity index (χ2n) is 6.51. The Morgan fingerprint density at radius 2 is 2.12 bits per heavy atom. The summed E-state index contributed by atoms with van der Waals surface area (Å²) in [4.78, 5) is 13.0. The van der Waals surface area contributed by atoms with Crippen LogP contribution in [0.2, 0.25) is 0 Å². The molecule has 0 bridgehead atoms. The number of hydrogen-bond acceptors (Lipinski definition) is 7. The first-order chi connectivity index (χ1) is 12.7.